The molecule has 0 fully saturated rings. The van der Waals surface area contributed by atoms with Crippen molar-refractivity contribution in [1.82, 2.24) is 0 Å². The lowest BCUT2D eigenvalue weighted by Gasteiger charge is -1.90. The highest BCUT2D eigenvalue weighted by molar-refractivity contribution is 9.10. The summed E-state index contributed by atoms with van der Waals surface area (Å²) in [6.07, 6.45) is 0. The van der Waals surface area contributed by atoms with Crippen LogP contribution in [0.2, 0.25) is 0 Å². The predicted molar refractivity (Wildman–Crippen MR) is 53.1 cm³/mol. The van der Waals surface area contributed by atoms with Crippen LogP contribution in [0.1, 0.15) is 11.3 Å². The standard InChI is InChI=1S/C10H8BrO/c1-6-7(2)12-10-8(6)4-3-5-9(10)11/h3-5H,1H2,2H3. The molecule has 1 aromatic heterocycles. The van der Waals surface area contributed by atoms with Gasteiger partial charge in [0, 0.05) is 10.9 Å². The summed E-state index contributed by atoms with van der Waals surface area (Å²) in [6, 6.07) is 5.96. The lowest BCUT2D eigenvalue weighted by molar-refractivity contribution is 0.575. The summed E-state index contributed by atoms with van der Waals surface area (Å²) >= 11 is 3.42. The Morgan fingerprint density at radius 1 is 1.42 bits per heavy atom. The first-order valence-corrected chi connectivity index (χ1v) is 4.49. The molecule has 0 N–H and O–H groups in total. The van der Waals surface area contributed by atoms with Gasteiger partial charge in [-0.25, -0.2) is 0 Å². The molecule has 0 saturated carbocycles. The Morgan fingerprint density at radius 2 is 2.17 bits per heavy atom. The zero-order valence-electron chi connectivity index (χ0n) is 6.73. The van der Waals surface area contributed by atoms with Gasteiger partial charge < -0.3 is 4.42 Å². The number of para-hydroxylation sites is 1. The van der Waals surface area contributed by atoms with Crippen molar-refractivity contribution < 1.29 is 4.42 Å². The number of aryl methyl sites for hydroxylation is 1. The van der Waals surface area contributed by atoms with E-state index in [9.17, 15) is 0 Å². The SMILES string of the molecule is [CH2]c1c(C)oc2c(Br)cccc12. The molecular formula is C10H8BrO. The Bertz CT molecular complexity index is 429. The summed E-state index contributed by atoms with van der Waals surface area (Å²) in [5.74, 6) is 0.886. The molecule has 12 heavy (non-hydrogen) atoms. The zero-order chi connectivity index (χ0) is 8.72. The first-order valence-electron chi connectivity index (χ1n) is 3.69. The third-order valence-electron chi connectivity index (χ3n) is 1.97. The van der Waals surface area contributed by atoms with Gasteiger partial charge in [0.25, 0.3) is 0 Å². The summed E-state index contributed by atoms with van der Waals surface area (Å²) in [6.45, 7) is 5.86. The highest BCUT2D eigenvalue weighted by Gasteiger charge is 2.07. The van der Waals surface area contributed by atoms with Gasteiger partial charge in [-0.15, -0.1) is 0 Å². The summed E-state index contributed by atoms with van der Waals surface area (Å²) in [4.78, 5) is 0. The highest BCUT2D eigenvalue weighted by atomic mass is 79.9. The molecular weight excluding hydrogens is 216 g/mol. The average Bonchev–Trinajstić information content (AvgIpc) is 2.32. The smallest absolute Gasteiger partial charge is 0.148 e. The van der Waals surface area contributed by atoms with Gasteiger partial charge in [-0.3, -0.25) is 0 Å². The first-order chi connectivity index (χ1) is 5.70. The first kappa shape index (κ1) is 7.87. The lowest BCUT2D eigenvalue weighted by atomic mass is 10.2. The second-order valence-corrected chi connectivity index (χ2v) is 3.61. The van der Waals surface area contributed by atoms with E-state index in [0.717, 1.165) is 26.8 Å². The van der Waals surface area contributed by atoms with Gasteiger partial charge in [-0.05, 0) is 35.8 Å². The van der Waals surface area contributed by atoms with Crippen molar-refractivity contribution in [2.45, 2.75) is 6.92 Å². The number of furan rings is 1. The minimum atomic E-state index is 0.886. The molecule has 61 valence electrons. The van der Waals surface area contributed by atoms with E-state index in [1.807, 2.05) is 25.1 Å². The monoisotopic (exact) mass is 223 g/mol. The van der Waals surface area contributed by atoms with E-state index in [1.165, 1.54) is 0 Å². The van der Waals surface area contributed by atoms with Crippen molar-refractivity contribution in [1.29, 1.82) is 0 Å². The maximum atomic E-state index is 5.52. The number of halogens is 1. The van der Waals surface area contributed by atoms with Gasteiger partial charge in [0.1, 0.15) is 11.3 Å². The zero-order valence-corrected chi connectivity index (χ0v) is 8.31. The molecule has 2 aromatic rings. The van der Waals surface area contributed by atoms with Crippen LogP contribution in [0, 0.1) is 13.8 Å². The fourth-order valence-corrected chi connectivity index (χ4v) is 1.70. The predicted octanol–water partition coefficient (Wildman–Crippen LogP) is 3.69. The van der Waals surface area contributed by atoms with E-state index in [1.54, 1.807) is 0 Å². The quantitative estimate of drug-likeness (QED) is 0.665. The van der Waals surface area contributed by atoms with Crippen LogP contribution in [0.4, 0.5) is 0 Å². The third kappa shape index (κ3) is 0.985. The molecule has 0 unspecified atom stereocenters. The molecule has 0 saturated heterocycles. The number of hydrogen-bond acceptors (Lipinski definition) is 1. The van der Waals surface area contributed by atoms with E-state index in [-0.39, 0.29) is 0 Å². The summed E-state index contributed by atoms with van der Waals surface area (Å²) in [5, 5.41) is 1.09. The van der Waals surface area contributed by atoms with Crippen LogP contribution in [0.5, 0.6) is 0 Å². The van der Waals surface area contributed by atoms with Gasteiger partial charge in [0.05, 0.1) is 4.47 Å². The minimum Gasteiger partial charge on any atom is -0.460 e. The van der Waals surface area contributed by atoms with E-state index in [4.69, 9.17) is 4.42 Å². The van der Waals surface area contributed by atoms with Gasteiger partial charge in [0.15, 0.2) is 0 Å². The van der Waals surface area contributed by atoms with E-state index < -0.39 is 0 Å². The van der Waals surface area contributed by atoms with Crippen molar-refractivity contribution in [3.05, 3.63) is 40.9 Å². The highest BCUT2D eigenvalue weighted by Crippen LogP contribution is 2.30. The third-order valence-corrected chi connectivity index (χ3v) is 2.60. The summed E-state index contributed by atoms with van der Waals surface area (Å²) < 4.78 is 6.50. The van der Waals surface area contributed by atoms with Gasteiger partial charge in [-0.1, -0.05) is 12.1 Å². The number of benzene rings is 1. The van der Waals surface area contributed by atoms with Crippen molar-refractivity contribution >= 4 is 26.9 Å². The summed E-state index contributed by atoms with van der Waals surface area (Å²) in [7, 11) is 0. The molecule has 0 atom stereocenters. The molecule has 1 nitrogen and oxygen atoms in total. The molecule has 1 heterocycles. The fraction of sp³-hybridized carbons (Fsp3) is 0.100. The van der Waals surface area contributed by atoms with Crippen molar-refractivity contribution in [2.75, 3.05) is 0 Å². The molecule has 0 spiro atoms. The number of fused-ring (bicyclic) bond motifs is 1. The minimum absolute atomic E-state index is 0.886. The Morgan fingerprint density at radius 3 is 2.83 bits per heavy atom. The van der Waals surface area contributed by atoms with Crippen LogP contribution < -0.4 is 0 Å². The van der Waals surface area contributed by atoms with Gasteiger partial charge in [-0.2, -0.15) is 0 Å². The van der Waals surface area contributed by atoms with Crippen molar-refractivity contribution in [2.24, 2.45) is 0 Å². The van der Waals surface area contributed by atoms with Gasteiger partial charge >= 0.3 is 0 Å². The molecule has 2 heteroatoms. The van der Waals surface area contributed by atoms with Crippen LogP contribution in [-0.2, 0) is 0 Å². The molecule has 1 radical (unpaired) electrons. The maximum absolute atomic E-state index is 5.52. The topological polar surface area (TPSA) is 13.1 Å². The van der Waals surface area contributed by atoms with Crippen molar-refractivity contribution in [3.63, 3.8) is 0 Å². The van der Waals surface area contributed by atoms with Crippen LogP contribution in [0.3, 0.4) is 0 Å². The fourth-order valence-electron chi connectivity index (χ4n) is 1.25. The van der Waals surface area contributed by atoms with Crippen molar-refractivity contribution in [3.8, 4) is 0 Å². The molecule has 0 aliphatic carbocycles. The number of rotatable bonds is 0. The molecule has 0 amide bonds. The molecule has 2 rings (SSSR count). The van der Waals surface area contributed by atoms with E-state index in [0.29, 0.717) is 0 Å². The maximum Gasteiger partial charge on any atom is 0.148 e. The largest absolute Gasteiger partial charge is 0.460 e. The number of hydrogen-bond donors (Lipinski definition) is 0. The van der Waals surface area contributed by atoms with E-state index >= 15 is 0 Å². The Balaban J connectivity index is 2.95. The molecule has 0 aliphatic rings. The van der Waals surface area contributed by atoms with E-state index in [2.05, 4.69) is 22.9 Å². The van der Waals surface area contributed by atoms with Crippen LogP contribution in [0.25, 0.3) is 11.0 Å². The Labute approximate surface area is 79.5 Å². The second-order valence-electron chi connectivity index (χ2n) is 2.75. The van der Waals surface area contributed by atoms with Crippen LogP contribution in [0.15, 0.2) is 27.1 Å². The van der Waals surface area contributed by atoms with Gasteiger partial charge in [0.2, 0.25) is 0 Å². The molecule has 1 aromatic carbocycles. The Hall–Kier alpha value is -0.760. The average molecular weight is 224 g/mol. The Kier molecular flexibility index (Phi) is 1.72. The molecule has 0 aliphatic heterocycles. The van der Waals surface area contributed by atoms with Crippen LogP contribution >= 0.6 is 15.9 Å². The lowest BCUT2D eigenvalue weighted by Crippen LogP contribution is -1.70. The summed E-state index contributed by atoms with van der Waals surface area (Å²) in [5.41, 5.74) is 1.87. The molecule has 0 bridgehead atoms. The second kappa shape index (κ2) is 2.63. The van der Waals surface area contributed by atoms with Crippen LogP contribution in [-0.4, -0.2) is 0 Å². The normalized spacial score (nSPS) is 10.9.